The second kappa shape index (κ2) is 5.89. The Hall–Kier alpha value is -0.820. The quantitative estimate of drug-likeness (QED) is 0.859. The van der Waals surface area contributed by atoms with Crippen LogP contribution in [-0.4, -0.2) is 66.3 Å². The maximum absolute atomic E-state index is 12.3. The minimum atomic E-state index is -4.16. The van der Waals surface area contributed by atoms with E-state index in [0.29, 0.717) is 45.6 Å². The summed E-state index contributed by atoms with van der Waals surface area (Å²) in [5.74, 6) is -0.757. The zero-order valence-corrected chi connectivity index (χ0v) is 11.5. The molecular weight excluding hydrogens is 273 g/mol. The minimum Gasteiger partial charge on any atom is -0.481 e. The van der Waals surface area contributed by atoms with Crippen molar-refractivity contribution in [3.05, 3.63) is 0 Å². The van der Waals surface area contributed by atoms with Crippen LogP contribution in [0.2, 0.25) is 0 Å². The van der Waals surface area contributed by atoms with Crippen LogP contribution in [0.15, 0.2) is 0 Å². The van der Waals surface area contributed by atoms with E-state index < -0.39 is 24.1 Å². The molecule has 0 atom stereocenters. The number of hydrogen-bond donors (Lipinski definition) is 1. The normalized spacial score (nSPS) is 24.9. The van der Waals surface area contributed by atoms with Gasteiger partial charge in [-0.2, -0.15) is 13.2 Å². The largest absolute Gasteiger partial charge is 0.481 e. The number of hydrogen-bond acceptors (Lipinski definition) is 3. The Bertz CT molecular complexity index is 346. The van der Waals surface area contributed by atoms with E-state index >= 15 is 0 Å². The average Bonchev–Trinajstić information content (AvgIpc) is 2.80. The Balaban J connectivity index is 1.83. The molecule has 0 aromatic heterocycles. The molecule has 2 aliphatic rings. The van der Waals surface area contributed by atoms with Crippen molar-refractivity contribution >= 4 is 5.97 Å². The summed E-state index contributed by atoms with van der Waals surface area (Å²) in [6.07, 6.45) is -0.924. The molecule has 1 aliphatic carbocycles. The van der Waals surface area contributed by atoms with Crippen molar-refractivity contribution in [3.8, 4) is 0 Å². The highest BCUT2D eigenvalue weighted by atomic mass is 19.4. The van der Waals surface area contributed by atoms with Crippen molar-refractivity contribution < 1.29 is 23.1 Å². The molecule has 0 unspecified atom stereocenters. The molecule has 1 heterocycles. The third kappa shape index (κ3) is 3.85. The van der Waals surface area contributed by atoms with Crippen molar-refractivity contribution in [2.45, 2.75) is 31.9 Å². The molecule has 116 valence electrons. The Kier molecular flexibility index (Phi) is 4.59. The number of alkyl halides is 3. The number of halogens is 3. The summed E-state index contributed by atoms with van der Waals surface area (Å²) in [7, 11) is 0. The van der Waals surface area contributed by atoms with E-state index in [1.807, 2.05) is 4.90 Å². The molecule has 0 amide bonds. The molecule has 0 bridgehead atoms. The lowest BCUT2D eigenvalue weighted by atomic mass is 9.85. The van der Waals surface area contributed by atoms with Gasteiger partial charge in [0.15, 0.2) is 0 Å². The SMILES string of the molecule is O=C(O)C1(CN2CCN(CC(F)(F)F)CC2)CCCC1. The lowest BCUT2D eigenvalue weighted by Gasteiger charge is -2.38. The van der Waals surface area contributed by atoms with Crippen LogP contribution >= 0.6 is 0 Å². The summed E-state index contributed by atoms with van der Waals surface area (Å²) in [4.78, 5) is 14.9. The number of carboxylic acid groups (broad SMARTS) is 1. The molecule has 4 nitrogen and oxygen atoms in total. The molecule has 0 spiro atoms. The molecule has 1 aliphatic heterocycles. The van der Waals surface area contributed by atoms with Crippen molar-refractivity contribution in [1.82, 2.24) is 9.80 Å². The van der Waals surface area contributed by atoms with Gasteiger partial charge >= 0.3 is 12.1 Å². The van der Waals surface area contributed by atoms with Gasteiger partial charge < -0.3 is 5.11 Å². The predicted octanol–water partition coefficient (Wildman–Crippen LogP) is 1.81. The molecule has 1 saturated carbocycles. The van der Waals surface area contributed by atoms with Gasteiger partial charge in [-0.05, 0) is 12.8 Å². The van der Waals surface area contributed by atoms with Crippen LogP contribution in [0.1, 0.15) is 25.7 Å². The number of carbonyl (C=O) groups is 1. The Morgan fingerprint density at radius 2 is 1.55 bits per heavy atom. The number of aliphatic carboxylic acids is 1. The van der Waals surface area contributed by atoms with E-state index in [-0.39, 0.29) is 0 Å². The molecule has 2 fully saturated rings. The molecule has 0 aromatic rings. The Morgan fingerprint density at radius 3 is 2.00 bits per heavy atom. The van der Waals surface area contributed by atoms with Crippen molar-refractivity contribution in [1.29, 1.82) is 0 Å². The molecule has 1 N–H and O–H groups in total. The van der Waals surface area contributed by atoms with Gasteiger partial charge in [-0.1, -0.05) is 12.8 Å². The fourth-order valence-electron chi connectivity index (χ4n) is 3.28. The molecule has 0 radical (unpaired) electrons. The second-order valence-corrected chi connectivity index (χ2v) is 5.96. The molecule has 0 aromatic carbocycles. The van der Waals surface area contributed by atoms with Crippen molar-refractivity contribution in [2.75, 3.05) is 39.3 Å². The van der Waals surface area contributed by atoms with Gasteiger partial charge in [0.05, 0.1) is 12.0 Å². The van der Waals surface area contributed by atoms with Crippen molar-refractivity contribution in [3.63, 3.8) is 0 Å². The first-order valence-corrected chi connectivity index (χ1v) is 7.06. The maximum Gasteiger partial charge on any atom is 0.401 e. The van der Waals surface area contributed by atoms with E-state index in [2.05, 4.69) is 0 Å². The smallest absolute Gasteiger partial charge is 0.401 e. The van der Waals surface area contributed by atoms with Crippen LogP contribution in [0.5, 0.6) is 0 Å². The first kappa shape index (κ1) is 15.6. The molecule has 20 heavy (non-hydrogen) atoms. The summed E-state index contributed by atoms with van der Waals surface area (Å²) >= 11 is 0. The first-order chi connectivity index (χ1) is 9.31. The van der Waals surface area contributed by atoms with Gasteiger partial charge in [0, 0.05) is 32.7 Å². The van der Waals surface area contributed by atoms with Crippen LogP contribution in [0.25, 0.3) is 0 Å². The number of nitrogens with zero attached hydrogens (tertiary/aromatic N) is 2. The fourth-order valence-corrected chi connectivity index (χ4v) is 3.28. The fraction of sp³-hybridized carbons (Fsp3) is 0.923. The van der Waals surface area contributed by atoms with Gasteiger partial charge in [0.2, 0.25) is 0 Å². The number of piperazine rings is 1. The van der Waals surface area contributed by atoms with E-state index in [9.17, 15) is 23.1 Å². The van der Waals surface area contributed by atoms with Gasteiger partial charge in [0.25, 0.3) is 0 Å². The van der Waals surface area contributed by atoms with Crippen LogP contribution in [0.4, 0.5) is 13.2 Å². The second-order valence-electron chi connectivity index (χ2n) is 5.96. The van der Waals surface area contributed by atoms with Crippen LogP contribution in [-0.2, 0) is 4.79 Å². The molecule has 2 rings (SSSR count). The third-order valence-corrected chi connectivity index (χ3v) is 4.41. The predicted molar refractivity (Wildman–Crippen MR) is 67.5 cm³/mol. The average molecular weight is 294 g/mol. The summed E-state index contributed by atoms with van der Waals surface area (Å²) < 4.78 is 36.9. The topological polar surface area (TPSA) is 43.8 Å². The van der Waals surface area contributed by atoms with Crippen LogP contribution < -0.4 is 0 Å². The van der Waals surface area contributed by atoms with E-state index in [1.54, 1.807) is 0 Å². The van der Waals surface area contributed by atoms with E-state index in [1.165, 1.54) is 4.90 Å². The summed E-state index contributed by atoms with van der Waals surface area (Å²) in [5, 5.41) is 9.41. The molecular formula is C13H21F3N2O2. The van der Waals surface area contributed by atoms with E-state index in [4.69, 9.17) is 0 Å². The van der Waals surface area contributed by atoms with Gasteiger partial charge in [-0.15, -0.1) is 0 Å². The highest BCUT2D eigenvalue weighted by Gasteiger charge is 2.43. The van der Waals surface area contributed by atoms with Crippen molar-refractivity contribution in [2.24, 2.45) is 5.41 Å². The van der Waals surface area contributed by atoms with Gasteiger partial charge in [-0.3, -0.25) is 14.6 Å². The number of rotatable bonds is 4. The molecule has 7 heteroatoms. The zero-order valence-electron chi connectivity index (χ0n) is 11.5. The Labute approximate surface area is 116 Å². The van der Waals surface area contributed by atoms with Gasteiger partial charge in [0.1, 0.15) is 0 Å². The summed E-state index contributed by atoms with van der Waals surface area (Å²) in [5.41, 5.74) is -0.674. The zero-order chi connectivity index (χ0) is 14.8. The summed E-state index contributed by atoms with van der Waals surface area (Å²) in [6.45, 7) is 1.35. The number of carboxylic acids is 1. The van der Waals surface area contributed by atoms with Crippen LogP contribution in [0, 0.1) is 5.41 Å². The maximum atomic E-state index is 12.3. The van der Waals surface area contributed by atoms with Gasteiger partial charge in [-0.25, -0.2) is 0 Å². The standard InChI is InChI=1S/C13H21F3N2O2/c14-13(15,16)10-18-7-5-17(6-8-18)9-12(11(19)20)3-1-2-4-12/h1-10H2,(H,19,20). The lowest BCUT2D eigenvalue weighted by Crippen LogP contribution is -2.52. The first-order valence-electron chi connectivity index (χ1n) is 7.06. The molecule has 1 saturated heterocycles. The lowest BCUT2D eigenvalue weighted by molar-refractivity contribution is -0.152. The monoisotopic (exact) mass is 294 g/mol. The third-order valence-electron chi connectivity index (χ3n) is 4.41. The highest BCUT2D eigenvalue weighted by Crippen LogP contribution is 2.39. The van der Waals surface area contributed by atoms with E-state index in [0.717, 1.165) is 12.8 Å². The van der Waals surface area contributed by atoms with Crippen LogP contribution in [0.3, 0.4) is 0 Å². The Morgan fingerprint density at radius 1 is 1.05 bits per heavy atom. The minimum absolute atomic E-state index is 0.356. The highest BCUT2D eigenvalue weighted by molar-refractivity contribution is 5.75. The summed E-state index contributed by atoms with van der Waals surface area (Å²) in [6, 6.07) is 0.